The molecule has 37 heavy (non-hydrogen) atoms. The molecule has 0 spiro atoms. The maximum Gasteiger partial charge on any atom is 0.260 e. The quantitative estimate of drug-likeness (QED) is 0.306. The normalized spacial score (nSPS) is 15.9. The van der Waals surface area contributed by atoms with Crippen LogP contribution in [0, 0.1) is 0 Å². The lowest BCUT2D eigenvalue weighted by atomic mass is 10.2. The summed E-state index contributed by atoms with van der Waals surface area (Å²) in [7, 11) is -3.62. The Morgan fingerprint density at radius 1 is 1.11 bits per heavy atom. The zero-order valence-corrected chi connectivity index (χ0v) is 23.3. The Labute approximate surface area is 223 Å². The first-order valence-electron chi connectivity index (χ1n) is 12.9. The van der Waals surface area contributed by atoms with Crippen molar-refractivity contribution < 1.29 is 22.7 Å². The van der Waals surface area contributed by atoms with Gasteiger partial charge in [0.15, 0.2) is 5.13 Å². The highest BCUT2D eigenvalue weighted by Gasteiger charge is 2.29. The van der Waals surface area contributed by atoms with Crippen LogP contribution in [0.3, 0.4) is 0 Å². The third kappa shape index (κ3) is 6.14. The molecule has 0 aliphatic carbocycles. The molecule has 4 rings (SSSR count). The van der Waals surface area contributed by atoms with Gasteiger partial charge in [0.1, 0.15) is 11.3 Å². The van der Waals surface area contributed by atoms with Gasteiger partial charge in [0, 0.05) is 25.3 Å². The van der Waals surface area contributed by atoms with Crippen LogP contribution >= 0.6 is 11.3 Å². The molecule has 1 aromatic heterocycles. The maximum atomic E-state index is 13.8. The number of ether oxygens (including phenoxy) is 2. The third-order valence-corrected chi connectivity index (χ3v) is 9.20. The molecule has 2 aromatic carbocycles. The van der Waals surface area contributed by atoms with Crippen LogP contribution in [0.25, 0.3) is 10.2 Å². The molecule has 10 heteroatoms. The molecule has 8 nitrogen and oxygen atoms in total. The molecule has 1 fully saturated rings. The minimum Gasteiger partial charge on any atom is -0.492 e. The van der Waals surface area contributed by atoms with Gasteiger partial charge in [-0.1, -0.05) is 31.3 Å². The summed E-state index contributed by atoms with van der Waals surface area (Å²) in [6.07, 6.45) is 3.24. The highest BCUT2D eigenvalue weighted by molar-refractivity contribution is 7.89. The van der Waals surface area contributed by atoms with Crippen LogP contribution in [0.2, 0.25) is 0 Å². The summed E-state index contributed by atoms with van der Waals surface area (Å²) in [5, 5.41) is 0.566. The fourth-order valence-electron chi connectivity index (χ4n) is 4.46. The van der Waals surface area contributed by atoms with E-state index >= 15 is 0 Å². The number of benzene rings is 2. The van der Waals surface area contributed by atoms with Crippen molar-refractivity contribution in [1.82, 2.24) is 9.29 Å². The summed E-state index contributed by atoms with van der Waals surface area (Å²) in [6.45, 7) is 8.36. The van der Waals surface area contributed by atoms with E-state index in [0.29, 0.717) is 49.3 Å². The molecule has 1 saturated heterocycles. The predicted molar refractivity (Wildman–Crippen MR) is 147 cm³/mol. The fourth-order valence-corrected chi connectivity index (χ4v) is 7.08. The SMILES string of the molecule is CCCN(CCC)S(=O)(=O)c1ccc(C(=O)N(CC2CCCO2)c2nc3c(OCC)cccc3s2)cc1. The second-order valence-electron chi connectivity index (χ2n) is 9.01. The Morgan fingerprint density at radius 3 is 2.46 bits per heavy atom. The molecule has 0 saturated carbocycles. The van der Waals surface area contributed by atoms with Crippen molar-refractivity contribution in [1.29, 1.82) is 0 Å². The van der Waals surface area contributed by atoms with Crippen molar-refractivity contribution in [2.24, 2.45) is 0 Å². The number of anilines is 1. The summed E-state index contributed by atoms with van der Waals surface area (Å²) >= 11 is 1.43. The largest absolute Gasteiger partial charge is 0.492 e. The van der Waals surface area contributed by atoms with Gasteiger partial charge in [-0.3, -0.25) is 9.69 Å². The molecular formula is C27H35N3O5S2. The number of carbonyl (C=O) groups is 1. The van der Waals surface area contributed by atoms with E-state index in [4.69, 9.17) is 14.5 Å². The minimum absolute atomic E-state index is 0.0707. The summed E-state index contributed by atoms with van der Waals surface area (Å²) in [5.41, 5.74) is 1.13. The van der Waals surface area contributed by atoms with Crippen LogP contribution < -0.4 is 9.64 Å². The molecule has 1 atom stereocenters. The molecule has 0 N–H and O–H groups in total. The number of thiazole rings is 1. The summed E-state index contributed by atoms with van der Waals surface area (Å²) < 4.78 is 40.3. The van der Waals surface area contributed by atoms with Gasteiger partial charge >= 0.3 is 0 Å². The van der Waals surface area contributed by atoms with E-state index in [-0.39, 0.29) is 16.9 Å². The minimum atomic E-state index is -3.62. The maximum absolute atomic E-state index is 13.8. The Hall–Kier alpha value is -2.53. The molecule has 200 valence electrons. The lowest BCUT2D eigenvalue weighted by molar-refractivity contribution is 0.0917. The van der Waals surface area contributed by atoms with E-state index < -0.39 is 10.0 Å². The van der Waals surface area contributed by atoms with Gasteiger partial charge in [-0.05, 0) is 69.0 Å². The highest BCUT2D eigenvalue weighted by atomic mass is 32.2. The second kappa shape index (κ2) is 12.3. The van der Waals surface area contributed by atoms with E-state index in [1.54, 1.807) is 17.0 Å². The number of para-hydroxylation sites is 1. The number of fused-ring (bicyclic) bond motifs is 1. The topological polar surface area (TPSA) is 89.0 Å². The smallest absolute Gasteiger partial charge is 0.260 e. The number of sulfonamides is 1. The van der Waals surface area contributed by atoms with Gasteiger partial charge in [0.25, 0.3) is 5.91 Å². The molecule has 0 radical (unpaired) electrons. The van der Waals surface area contributed by atoms with Crippen molar-refractivity contribution in [3.05, 3.63) is 48.0 Å². The Kier molecular flexibility index (Phi) is 9.17. The number of carbonyl (C=O) groups excluding carboxylic acids is 1. The monoisotopic (exact) mass is 545 g/mol. The van der Waals surface area contributed by atoms with Crippen LogP contribution in [0.4, 0.5) is 5.13 Å². The summed E-state index contributed by atoms with van der Waals surface area (Å²) in [6, 6.07) is 12.0. The van der Waals surface area contributed by atoms with Crippen molar-refractivity contribution >= 4 is 42.6 Å². The van der Waals surface area contributed by atoms with E-state index in [0.717, 1.165) is 35.9 Å². The summed E-state index contributed by atoms with van der Waals surface area (Å²) in [4.78, 5) is 20.4. The average molecular weight is 546 g/mol. The zero-order valence-electron chi connectivity index (χ0n) is 21.7. The molecule has 3 aromatic rings. The lowest BCUT2D eigenvalue weighted by Gasteiger charge is -2.23. The Morgan fingerprint density at radius 2 is 1.84 bits per heavy atom. The van der Waals surface area contributed by atoms with Gasteiger partial charge in [-0.2, -0.15) is 4.31 Å². The van der Waals surface area contributed by atoms with Crippen LogP contribution in [0.5, 0.6) is 5.75 Å². The van der Waals surface area contributed by atoms with Gasteiger partial charge in [0.05, 0.1) is 28.9 Å². The van der Waals surface area contributed by atoms with E-state index in [2.05, 4.69) is 0 Å². The number of hydrogen-bond donors (Lipinski definition) is 0. The predicted octanol–water partition coefficient (Wildman–Crippen LogP) is 5.33. The van der Waals surface area contributed by atoms with Crippen LogP contribution in [0.1, 0.15) is 56.8 Å². The fraction of sp³-hybridized carbons (Fsp3) is 0.481. The highest BCUT2D eigenvalue weighted by Crippen LogP contribution is 2.35. The molecule has 0 bridgehead atoms. The molecular weight excluding hydrogens is 510 g/mol. The number of hydrogen-bond acceptors (Lipinski definition) is 7. The van der Waals surface area contributed by atoms with Gasteiger partial charge in [-0.25, -0.2) is 13.4 Å². The number of amides is 1. The number of aromatic nitrogens is 1. The van der Waals surface area contributed by atoms with E-state index in [1.165, 1.54) is 27.8 Å². The van der Waals surface area contributed by atoms with Crippen molar-refractivity contribution in [3.8, 4) is 5.75 Å². The lowest BCUT2D eigenvalue weighted by Crippen LogP contribution is -2.37. The van der Waals surface area contributed by atoms with Crippen molar-refractivity contribution in [3.63, 3.8) is 0 Å². The zero-order chi connectivity index (χ0) is 26.4. The molecule has 1 aliphatic heterocycles. The first-order chi connectivity index (χ1) is 17.9. The first-order valence-corrected chi connectivity index (χ1v) is 15.2. The number of rotatable bonds is 12. The molecule has 1 unspecified atom stereocenters. The second-order valence-corrected chi connectivity index (χ2v) is 12.0. The third-order valence-electron chi connectivity index (χ3n) is 6.24. The number of nitrogens with zero attached hydrogens (tertiary/aromatic N) is 3. The van der Waals surface area contributed by atoms with Crippen molar-refractivity contribution in [2.75, 3.05) is 37.7 Å². The van der Waals surface area contributed by atoms with Gasteiger partial charge < -0.3 is 9.47 Å². The van der Waals surface area contributed by atoms with Gasteiger partial charge in [0.2, 0.25) is 10.0 Å². The van der Waals surface area contributed by atoms with E-state index in [1.807, 2.05) is 39.0 Å². The van der Waals surface area contributed by atoms with Crippen LogP contribution in [-0.4, -0.2) is 62.6 Å². The van der Waals surface area contributed by atoms with Crippen LogP contribution in [0.15, 0.2) is 47.4 Å². The standard InChI is InChI=1S/C27H35N3O5S2/c1-4-16-29(17-5-2)37(32,33)22-14-12-20(13-15-22)26(31)30(19-21-9-8-18-35-21)27-28-25-23(34-6-3)10-7-11-24(25)36-27/h7,10-15,21H,4-6,8-9,16-19H2,1-3H3. The molecule has 1 amide bonds. The first kappa shape index (κ1) is 27.5. The van der Waals surface area contributed by atoms with Crippen molar-refractivity contribution in [2.45, 2.75) is 57.5 Å². The summed E-state index contributed by atoms with van der Waals surface area (Å²) in [5.74, 6) is 0.445. The molecule has 2 heterocycles. The average Bonchev–Trinajstić information content (AvgIpc) is 3.57. The van der Waals surface area contributed by atoms with E-state index in [9.17, 15) is 13.2 Å². The molecule has 1 aliphatic rings. The van der Waals surface area contributed by atoms with Crippen LogP contribution in [-0.2, 0) is 14.8 Å². The van der Waals surface area contributed by atoms with Gasteiger partial charge in [-0.15, -0.1) is 0 Å². The Balaban J connectivity index is 1.65. The Bertz CT molecular complexity index is 1300.